The first-order valence-corrected chi connectivity index (χ1v) is 9.45. The molecule has 0 atom stereocenters. The molecule has 0 aliphatic carbocycles. The highest BCUT2D eigenvalue weighted by atomic mass is 16.6. The second-order valence-electron chi connectivity index (χ2n) is 6.36. The zero-order valence-electron chi connectivity index (χ0n) is 15.8. The number of nitrogens with zero attached hydrogens (tertiary/aromatic N) is 2. The van der Waals surface area contributed by atoms with E-state index in [9.17, 15) is 10.1 Å². The van der Waals surface area contributed by atoms with E-state index in [2.05, 4.69) is 17.5 Å². The summed E-state index contributed by atoms with van der Waals surface area (Å²) in [4.78, 5) is 10.3. The Bertz CT molecular complexity index is 730. The first-order valence-electron chi connectivity index (χ1n) is 9.45. The first kappa shape index (κ1) is 20.4. The summed E-state index contributed by atoms with van der Waals surface area (Å²) in [5, 5.41) is 14.9. The second kappa shape index (κ2) is 11.7. The Morgan fingerprint density at radius 2 is 1.81 bits per heavy atom. The summed E-state index contributed by atoms with van der Waals surface area (Å²) < 4.78 is 5.75. The molecule has 0 saturated heterocycles. The zero-order chi connectivity index (χ0) is 19.3. The fourth-order valence-electron chi connectivity index (χ4n) is 2.59. The number of nitro benzene ring substituents is 1. The van der Waals surface area contributed by atoms with Crippen molar-refractivity contribution >= 4 is 17.6 Å². The van der Waals surface area contributed by atoms with Crippen LogP contribution >= 0.6 is 0 Å². The van der Waals surface area contributed by atoms with E-state index in [1.807, 2.05) is 24.3 Å². The van der Waals surface area contributed by atoms with Gasteiger partial charge < -0.3 is 4.74 Å². The molecule has 0 bridgehead atoms. The van der Waals surface area contributed by atoms with Gasteiger partial charge in [0.1, 0.15) is 5.75 Å². The zero-order valence-corrected chi connectivity index (χ0v) is 15.8. The minimum atomic E-state index is -0.432. The third-order valence-corrected chi connectivity index (χ3v) is 4.11. The molecule has 2 aromatic carbocycles. The van der Waals surface area contributed by atoms with Crippen molar-refractivity contribution in [3.05, 3.63) is 64.2 Å². The summed E-state index contributed by atoms with van der Waals surface area (Å²) >= 11 is 0. The molecule has 0 unspecified atom stereocenters. The van der Waals surface area contributed by atoms with E-state index in [0.717, 1.165) is 24.3 Å². The maximum Gasteiger partial charge on any atom is 0.271 e. The Hall–Kier alpha value is -2.89. The molecule has 0 saturated carbocycles. The highest BCUT2D eigenvalue weighted by Crippen LogP contribution is 2.17. The molecule has 0 aliphatic heterocycles. The summed E-state index contributed by atoms with van der Waals surface area (Å²) in [7, 11) is 0. The van der Waals surface area contributed by atoms with E-state index in [-0.39, 0.29) is 5.69 Å². The lowest BCUT2D eigenvalue weighted by Crippen LogP contribution is -1.97. The van der Waals surface area contributed by atoms with Crippen LogP contribution in [-0.4, -0.2) is 17.7 Å². The van der Waals surface area contributed by atoms with Crippen molar-refractivity contribution in [2.45, 2.75) is 45.4 Å². The van der Waals surface area contributed by atoms with Gasteiger partial charge in [-0.15, -0.1) is 0 Å². The van der Waals surface area contributed by atoms with Crippen molar-refractivity contribution < 1.29 is 9.66 Å². The smallest absolute Gasteiger partial charge is 0.271 e. The number of hydrogen-bond acceptors (Lipinski definition) is 5. The first-order chi connectivity index (χ1) is 13.2. The number of non-ortho nitro benzene ring substituents is 1. The molecule has 27 heavy (non-hydrogen) atoms. The summed E-state index contributed by atoms with van der Waals surface area (Å²) in [5.74, 6) is 0.854. The van der Waals surface area contributed by atoms with Gasteiger partial charge in [-0.2, -0.15) is 5.10 Å². The van der Waals surface area contributed by atoms with E-state index in [1.54, 1.807) is 18.3 Å². The van der Waals surface area contributed by atoms with Crippen molar-refractivity contribution in [2.24, 2.45) is 5.10 Å². The molecule has 0 heterocycles. The average molecular weight is 369 g/mol. The third kappa shape index (κ3) is 7.90. The van der Waals surface area contributed by atoms with Crippen LogP contribution in [0.4, 0.5) is 11.4 Å². The van der Waals surface area contributed by atoms with Gasteiger partial charge in [-0.3, -0.25) is 15.5 Å². The summed E-state index contributed by atoms with van der Waals surface area (Å²) in [5.41, 5.74) is 4.31. The molecule has 0 aliphatic rings. The van der Waals surface area contributed by atoms with Gasteiger partial charge in [-0.25, -0.2) is 0 Å². The van der Waals surface area contributed by atoms with Crippen molar-refractivity contribution in [1.82, 2.24) is 0 Å². The van der Waals surface area contributed by atoms with Gasteiger partial charge in [-0.05, 0) is 42.3 Å². The van der Waals surface area contributed by atoms with Crippen LogP contribution in [-0.2, 0) is 0 Å². The Kier molecular flexibility index (Phi) is 8.83. The fraction of sp³-hybridized carbons (Fsp3) is 0.381. The summed E-state index contributed by atoms with van der Waals surface area (Å²) in [6.07, 6.45) is 9.15. The Balaban J connectivity index is 1.72. The van der Waals surface area contributed by atoms with E-state index < -0.39 is 4.92 Å². The predicted octanol–water partition coefficient (Wildman–Crippen LogP) is 5.78. The number of nitro groups is 1. The molecule has 6 heteroatoms. The maximum absolute atomic E-state index is 10.8. The highest BCUT2D eigenvalue weighted by Gasteiger charge is 2.04. The number of hydrazone groups is 1. The van der Waals surface area contributed by atoms with Crippen LogP contribution in [0.1, 0.15) is 51.0 Å². The number of rotatable bonds is 12. The van der Waals surface area contributed by atoms with Crippen LogP contribution in [0.25, 0.3) is 0 Å². The van der Waals surface area contributed by atoms with Gasteiger partial charge in [-0.1, -0.05) is 45.1 Å². The highest BCUT2D eigenvalue weighted by molar-refractivity contribution is 5.80. The van der Waals surface area contributed by atoms with Crippen LogP contribution < -0.4 is 10.2 Å². The number of benzene rings is 2. The van der Waals surface area contributed by atoms with Crippen LogP contribution in [0, 0.1) is 10.1 Å². The fourth-order valence-corrected chi connectivity index (χ4v) is 2.59. The van der Waals surface area contributed by atoms with Gasteiger partial charge in [0.15, 0.2) is 0 Å². The van der Waals surface area contributed by atoms with Gasteiger partial charge in [0.2, 0.25) is 0 Å². The number of unbranched alkanes of at least 4 members (excludes halogenated alkanes) is 5. The van der Waals surface area contributed by atoms with Crippen molar-refractivity contribution in [2.75, 3.05) is 12.0 Å². The number of nitrogens with one attached hydrogen (secondary N) is 1. The number of ether oxygens (including phenoxy) is 1. The molecule has 0 amide bonds. The van der Waals surface area contributed by atoms with E-state index >= 15 is 0 Å². The monoisotopic (exact) mass is 369 g/mol. The lowest BCUT2D eigenvalue weighted by atomic mass is 10.1. The Morgan fingerprint density at radius 3 is 2.56 bits per heavy atom. The summed E-state index contributed by atoms with van der Waals surface area (Å²) in [6.45, 7) is 2.97. The molecule has 1 N–H and O–H groups in total. The van der Waals surface area contributed by atoms with Crippen LogP contribution in [0.2, 0.25) is 0 Å². The lowest BCUT2D eigenvalue weighted by molar-refractivity contribution is -0.384. The molecular weight excluding hydrogens is 342 g/mol. The van der Waals surface area contributed by atoms with Crippen molar-refractivity contribution in [3.63, 3.8) is 0 Å². The molecule has 6 nitrogen and oxygen atoms in total. The van der Waals surface area contributed by atoms with E-state index in [1.165, 1.54) is 44.2 Å². The second-order valence-corrected chi connectivity index (χ2v) is 6.36. The van der Waals surface area contributed by atoms with Crippen molar-refractivity contribution in [1.29, 1.82) is 0 Å². The molecule has 0 aromatic heterocycles. The molecule has 144 valence electrons. The van der Waals surface area contributed by atoms with Gasteiger partial charge in [0.25, 0.3) is 5.69 Å². The Morgan fingerprint density at radius 1 is 1.07 bits per heavy atom. The van der Waals surface area contributed by atoms with Crippen LogP contribution in [0.5, 0.6) is 5.75 Å². The molecule has 0 spiro atoms. The van der Waals surface area contributed by atoms with E-state index in [4.69, 9.17) is 4.74 Å². The predicted molar refractivity (Wildman–Crippen MR) is 110 cm³/mol. The molecular formula is C21H27N3O3. The SMILES string of the molecule is CCCCCCCCOc1ccc(C=NNc2cccc([N+](=O)[O-])c2)cc1. The Labute approximate surface area is 160 Å². The normalized spacial score (nSPS) is 10.9. The number of anilines is 1. The van der Waals surface area contributed by atoms with Crippen molar-refractivity contribution in [3.8, 4) is 5.75 Å². The standard InChI is InChI=1S/C21H27N3O3/c1-2-3-4-5-6-7-15-27-21-13-11-18(12-14-21)17-22-23-19-9-8-10-20(16-19)24(25)26/h8-14,16-17,23H,2-7,15H2,1H3. The quantitative estimate of drug-likeness (QED) is 0.223. The largest absolute Gasteiger partial charge is 0.494 e. The lowest BCUT2D eigenvalue weighted by Gasteiger charge is -2.06. The van der Waals surface area contributed by atoms with Crippen LogP contribution in [0.15, 0.2) is 53.6 Å². The molecule has 0 fully saturated rings. The average Bonchev–Trinajstić information content (AvgIpc) is 2.68. The molecule has 2 aromatic rings. The minimum absolute atomic E-state index is 0.0297. The van der Waals surface area contributed by atoms with Gasteiger partial charge in [0, 0.05) is 12.1 Å². The van der Waals surface area contributed by atoms with Gasteiger partial charge >= 0.3 is 0 Å². The summed E-state index contributed by atoms with van der Waals surface area (Å²) in [6, 6.07) is 13.9. The number of hydrogen-bond donors (Lipinski definition) is 1. The van der Waals surface area contributed by atoms with Gasteiger partial charge in [0.05, 0.1) is 23.4 Å². The van der Waals surface area contributed by atoms with E-state index in [0.29, 0.717) is 5.69 Å². The van der Waals surface area contributed by atoms with Crippen LogP contribution in [0.3, 0.4) is 0 Å². The maximum atomic E-state index is 10.8. The third-order valence-electron chi connectivity index (χ3n) is 4.11. The molecule has 0 radical (unpaired) electrons. The topological polar surface area (TPSA) is 76.8 Å². The molecule has 2 rings (SSSR count). The minimum Gasteiger partial charge on any atom is -0.494 e.